The highest BCUT2D eigenvalue weighted by Crippen LogP contribution is 2.19. The maximum absolute atomic E-state index is 12.6. The van der Waals surface area contributed by atoms with Gasteiger partial charge in [0.15, 0.2) is 0 Å². The minimum absolute atomic E-state index is 0.0803. The van der Waals surface area contributed by atoms with E-state index in [1.807, 2.05) is 0 Å². The van der Waals surface area contributed by atoms with Crippen LogP contribution in [0.4, 0.5) is 5.69 Å². The molecule has 3 rings (SSSR count). The van der Waals surface area contributed by atoms with Crippen molar-refractivity contribution in [3.63, 3.8) is 0 Å². The Balaban J connectivity index is 1.73. The molecule has 0 aliphatic carbocycles. The van der Waals surface area contributed by atoms with E-state index in [1.54, 1.807) is 41.3 Å². The maximum atomic E-state index is 12.6. The third kappa shape index (κ3) is 4.55. The van der Waals surface area contributed by atoms with Crippen LogP contribution in [-0.4, -0.2) is 45.4 Å². The predicted octanol–water partition coefficient (Wildman–Crippen LogP) is 2.58. The Morgan fingerprint density at radius 3 is 2.38 bits per heavy atom. The number of nitrogens with one attached hydrogen (secondary N) is 2. The van der Waals surface area contributed by atoms with Crippen molar-refractivity contribution in [3.05, 3.63) is 59.1 Å². The number of halogens is 1. The molecular formula is C18H20ClN3O3S. The van der Waals surface area contributed by atoms with Gasteiger partial charge >= 0.3 is 0 Å². The van der Waals surface area contributed by atoms with Crippen LogP contribution >= 0.6 is 11.6 Å². The predicted molar refractivity (Wildman–Crippen MR) is 102 cm³/mol. The third-order valence-corrected chi connectivity index (χ3v) is 5.78. The summed E-state index contributed by atoms with van der Waals surface area (Å²) in [6.07, 6.45) is 0.906. The molecule has 2 aromatic rings. The van der Waals surface area contributed by atoms with Gasteiger partial charge in [0.05, 0.1) is 4.90 Å². The summed E-state index contributed by atoms with van der Waals surface area (Å²) in [6, 6.07) is 12.4. The van der Waals surface area contributed by atoms with Gasteiger partial charge in [0.2, 0.25) is 0 Å². The van der Waals surface area contributed by atoms with E-state index in [2.05, 4.69) is 10.0 Å². The van der Waals surface area contributed by atoms with E-state index in [4.69, 9.17) is 11.6 Å². The molecular weight excluding hydrogens is 374 g/mol. The van der Waals surface area contributed by atoms with E-state index in [0.29, 0.717) is 29.4 Å². The van der Waals surface area contributed by atoms with Crippen LogP contribution in [0.5, 0.6) is 0 Å². The SMILES string of the molecule is O=C(c1ccc(S(=O)(=O)Nc2ccc(Cl)cc2)cc1)N1CCCNCC1. The summed E-state index contributed by atoms with van der Waals surface area (Å²) in [4.78, 5) is 14.4. The van der Waals surface area contributed by atoms with E-state index >= 15 is 0 Å². The number of amides is 1. The second-order valence-corrected chi connectivity index (χ2v) is 8.15. The van der Waals surface area contributed by atoms with Crippen molar-refractivity contribution >= 4 is 33.2 Å². The minimum atomic E-state index is -3.73. The molecule has 1 aliphatic rings. The molecule has 1 fully saturated rings. The Kier molecular flexibility index (Phi) is 5.80. The van der Waals surface area contributed by atoms with E-state index in [0.717, 1.165) is 19.5 Å². The van der Waals surface area contributed by atoms with Gasteiger partial charge in [-0.25, -0.2) is 8.42 Å². The zero-order valence-corrected chi connectivity index (χ0v) is 15.7. The summed E-state index contributed by atoms with van der Waals surface area (Å²) in [5.74, 6) is -0.0803. The number of rotatable bonds is 4. The second kappa shape index (κ2) is 8.07. The molecule has 0 aromatic heterocycles. The fourth-order valence-corrected chi connectivity index (χ4v) is 3.92. The number of nitrogens with zero attached hydrogens (tertiary/aromatic N) is 1. The average molecular weight is 394 g/mol. The van der Waals surface area contributed by atoms with Gasteiger partial charge < -0.3 is 10.2 Å². The van der Waals surface area contributed by atoms with Crippen molar-refractivity contribution < 1.29 is 13.2 Å². The van der Waals surface area contributed by atoms with E-state index in [1.165, 1.54) is 12.1 Å². The zero-order valence-electron chi connectivity index (χ0n) is 14.1. The zero-order chi connectivity index (χ0) is 18.6. The summed E-state index contributed by atoms with van der Waals surface area (Å²) in [5.41, 5.74) is 0.906. The highest BCUT2D eigenvalue weighted by Gasteiger charge is 2.19. The molecule has 8 heteroatoms. The summed E-state index contributed by atoms with van der Waals surface area (Å²) >= 11 is 5.80. The van der Waals surface area contributed by atoms with Gasteiger partial charge in [-0.15, -0.1) is 0 Å². The van der Waals surface area contributed by atoms with Crippen molar-refractivity contribution in [2.45, 2.75) is 11.3 Å². The lowest BCUT2D eigenvalue weighted by Gasteiger charge is -2.20. The van der Waals surface area contributed by atoms with Gasteiger partial charge in [-0.1, -0.05) is 11.6 Å². The largest absolute Gasteiger partial charge is 0.337 e. The summed E-state index contributed by atoms with van der Waals surface area (Å²) in [5, 5.41) is 3.78. The molecule has 26 heavy (non-hydrogen) atoms. The third-order valence-electron chi connectivity index (χ3n) is 4.14. The highest BCUT2D eigenvalue weighted by atomic mass is 35.5. The number of carbonyl (C=O) groups is 1. The van der Waals surface area contributed by atoms with Gasteiger partial charge in [-0.05, 0) is 61.5 Å². The average Bonchev–Trinajstić information content (AvgIpc) is 2.92. The smallest absolute Gasteiger partial charge is 0.261 e. The van der Waals surface area contributed by atoms with E-state index < -0.39 is 10.0 Å². The normalized spacial score (nSPS) is 15.3. The van der Waals surface area contributed by atoms with Crippen LogP contribution in [-0.2, 0) is 10.0 Å². The van der Waals surface area contributed by atoms with Gasteiger partial charge in [0, 0.05) is 35.9 Å². The van der Waals surface area contributed by atoms with Crippen LogP contribution < -0.4 is 10.0 Å². The van der Waals surface area contributed by atoms with E-state index in [-0.39, 0.29) is 10.8 Å². The Bertz CT molecular complexity index is 860. The van der Waals surface area contributed by atoms with Crippen LogP contribution in [0.15, 0.2) is 53.4 Å². The fraction of sp³-hybridized carbons (Fsp3) is 0.278. The monoisotopic (exact) mass is 393 g/mol. The molecule has 1 aliphatic heterocycles. The van der Waals surface area contributed by atoms with E-state index in [9.17, 15) is 13.2 Å². The molecule has 1 amide bonds. The van der Waals surface area contributed by atoms with Crippen LogP contribution in [0.3, 0.4) is 0 Å². The van der Waals surface area contributed by atoms with Crippen LogP contribution in [0.25, 0.3) is 0 Å². The second-order valence-electron chi connectivity index (χ2n) is 6.03. The summed E-state index contributed by atoms with van der Waals surface area (Å²) in [6.45, 7) is 3.02. The van der Waals surface area contributed by atoms with Gasteiger partial charge in [0.1, 0.15) is 0 Å². The lowest BCUT2D eigenvalue weighted by Crippen LogP contribution is -2.34. The Morgan fingerprint density at radius 2 is 1.69 bits per heavy atom. The van der Waals surface area contributed by atoms with Crippen LogP contribution in [0.1, 0.15) is 16.8 Å². The lowest BCUT2D eigenvalue weighted by atomic mass is 10.2. The maximum Gasteiger partial charge on any atom is 0.261 e. The standard InChI is InChI=1S/C18H20ClN3O3S/c19-15-4-6-16(7-5-15)21-26(24,25)17-8-2-14(3-9-17)18(23)22-12-1-10-20-11-13-22/h2-9,20-21H,1,10-13H2. The molecule has 138 valence electrons. The fourth-order valence-electron chi connectivity index (χ4n) is 2.74. The first-order valence-corrected chi connectivity index (χ1v) is 10.2. The Morgan fingerprint density at radius 1 is 1.00 bits per heavy atom. The minimum Gasteiger partial charge on any atom is -0.337 e. The van der Waals surface area contributed by atoms with Crippen molar-refractivity contribution in [1.82, 2.24) is 10.2 Å². The Hall–Kier alpha value is -2.09. The summed E-state index contributed by atoms with van der Waals surface area (Å²) in [7, 11) is -3.73. The molecule has 0 unspecified atom stereocenters. The first kappa shape index (κ1) is 18.7. The topological polar surface area (TPSA) is 78.5 Å². The highest BCUT2D eigenvalue weighted by molar-refractivity contribution is 7.92. The number of hydrogen-bond donors (Lipinski definition) is 2. The van der Waals surface area contributed by atoms with Crippen molar-refractivity contribution in [2.75, 3.05) is 30.9 Å². The molecule has 6 nitrogen and oxygen atoms in total. The molecule has 2 N–H and O–H groups in total. The van der Waals surface area contributed by atoms with Crippen LogP contribution in [0, 0.1) is 0 Å². The Labute approximate surface area is 158 Å². The quantitative estimate of drug-likeness (QED) is 0.836. The number of sulfonamides is 1. The van der Waals surface area contributed by atoms with Crippen molar-refractivity contribution in [2.24, 2.45) is 0 Å². The molecule has 2 aromatic carbocycles. The molecule has 0 spiro atoms. The number of hydrogen-bond acceptors (Lipinski definition) is 4. The van der Waals surface area contributed by atoms with Gasteiger partial charge in [-0.3, -0.25) is 9.52 Å². The molecule has 0 radical (unpaired) electrons. The van der Waals surface area contributed by atoms with Crippen molar-refractivity contribution in [3.8, 4) is 0 Å². The van der Waals surface area contributed by atoms with Crippen LogP contribution in [0.2, 0.25) is 5.02 Å². The van der Waals surface area contributed by atoms with Gasteiger partial charge in [0.25, 0.3) is 15.9 Å². The number of benzene rings is 2. The van der Waals surface area contributed by atoms with Crippen molar-refractivity contribution in [1.29, 1.82) is 0 Å². The molecule has 1 saturated heterocycles. The molecule has 0 atom stereocenters. The summed E-state index contributed by atoms with van der Waals surface area (Å²) < 4.78 is 27.4. The molecule has 1 heterocycles. The first-order valence-electron chi connectivity index (χ1n) is 8.34. The molecule has 0 saturated carbocycles. The first-order chi connectivity index (χ1) is 12.5. The lowest BCUT2D eigenvalue weighted by molar-refractivity contribution is 0.0766. The number of carbonyl (C=O) groups excluding carboxylic acids is 1. The van der Waals surface area contributed by atoms with Gasteiger partial charge in [-0.2, -0.15) is 0 Å². The number of anilines is 1. The molecule has 0 bridgehead atoms.